The fraction of sp³-hybridized carbons (Fsp3) is 0.500. The minimum Gasteiger partial charge on any atom is -0.374 e. The Morgan fingerprint density at radius 3 is 2.77 bits per heavy atom. The molecular formula is C12H15O. The van der Waals surface area contributed by atoms with E-state index in [1.807, 2.05) is 12.1 Å². The van der Waals surface area contributed by atoms with Crippen LogP contribution in [0.2, 0.25) is 0 Å². The van der Waals surface area contributed by atoms with Crippen LogP contribution in [-0.2, 0) is 4.74 Å². The Morgan fingerprint density at radius 1 is 1.46 bits per heavy atom. The van der Waals surface area contributed by atoms with Crippen LogP contribution in [0.4, 0.5) is 0 Å². The minimum atomic E-state index is 0.232. The highest BCUT2D eigenvalue weighted by Gasteiger charge is 2.22. The summed E-state index contributed by atoms with van der Waals surface area (Å²) in [6.07, 6.45) is 2.94. The summed E-state index contributed by atoms with van der Waals surface area (Å²) in [6.45, 7) is 3.04. The van der Waals surface area contributed by atoms with E-state index in [9.17, 15) is 0 Å². The third kappa shape index (κ3) is 2.56. The number of hydrogen-bond acceptors (Lipinski definition) is 1. The molecule has 1 fully saturated rings. The second-order valence-electron chi connectivity index (χ2n) is 3.75. The number of ether oxygens (including phenoxy) is 1. The van der Waals surface area contributed by atoms with Crippen LogP contribution >= 0.6 is 0 Å². The van der Waals surface area contributed by atoms with Crippen LogP contribution in [0.5, 0.6) is 0 Å². The SMILES string of the molecule is CC(OCC1CC1)c1cc[c]cc1. The molecule has 2 rings (SSSR count). The van der Waals surface area contributed by atoms with Gasteiger partial charge < -0.3 is 4.74 Å². The van der Waals surface area contributed by atoms with E-state index in [1.54, 1.807) is 0 Å². The molecule has 0 amide bonds. The highest BCUT2D eigenvalue weighted by molar-refractivity contribution is 5.16. The molecule has 1 nitrogen and oxygen atoms in total. The topological polar surface area (TPSA) is 9.23 Å². The van der Waals surface area contributed by atoms with Gasteiger partial charge in [0.2, 0.25) is 0 Å². The van der Waals surface area contributed by atoms with E-state index in [0.717, 1.165) is 12.5 Å². The van der Waals surface area contributed by atoms with E-state index >= 15 is 0 Å². The second kappa shape index (κ2) is 3.93. The molecule has 1 atom stereocenters. The van der Waals surface area contributed by atoms with E-state index in [2.05, 4.69) is 25.1 Å². The molecule has 1 aliphatic rings. The second-order valence-corrected chi connectivity index (χ2v) is 3.75. The summed E-state index contributed by atoms with van der Waals surface area (Å²) in [5.74, 6) is 0.845. The third-order valence-corrected chi connectivity index (χ3v) is 2.49. The lowest BCUT2D eigenvalue weighted by atomic mass is 10.1. The molecule has 13 heavy (non-hydrogen) atoms. The summed E-state index contributed by atoms with van der Waals surface area (Å²) < 4.78 is 5.74. The predicted octanol–water partition coefficient (Wildman–Crippen LogP) is 2.97. The van der Waals surface area contributed by atoms with Crippen molar-refractivity contribution in [1.82, 2.24) is 0 Å². The highest BCUT2D eigenvalue weighted by atomic mass is 16.5. The summed E-state index contributed by atoms with van der Waals surface area (Å²) in [7, 11) is 0. The first-order valence-electron chi connectivity index (χ1n) is 4.94. The molecular weight excluding hydrogens is 160 g/mol. The molecule has 1 saturated carbocycles. The Hall–Kier alpha value is -0.820. The van der Waals surface area contributed by atoms with Crippen molar-refractivity contribution in [3.8, 4) is 0 Å². The summed E-state index contributed by atoms with van der Waals surface area (Å²) in [5, 5.41) is 0. The summed E-state index contributed by atoms with van der Waals surface area (Å²) in [5.41, 5.74) is 1.25. The Kier molecular flexibility index (Phi) is 2.65. The van der Waals surface area contributed by atoms with Gasteiger partial charge in [0.05, 0.1) is 12.7 Å². The smallest absolute Gasteiger partial charge is 0.0796 e. The van der Waals surface area contributed by atoms with Gasteiger partial charge in [0.1, 0.15) is 0 Å². The Balaban J connectivity index is 1.85. The van der Waals surface area contributed by atoms with Gasteiger partial charge in [-0.1, -0.05) is 24.3 Å². The van der Waals surface area contributed by atoms with E-state index in [1.165, 1.54) is 18.4 Å². The van der Waals surface area contributed by atoms with E-state index in [4.69, 9.17) is 4.74 Å². The zero-order valence-electron chi connectivity index (χ0n) is 7.99. The van der Waals surface area contributed by atoms with E-state index in [0.29, 0.717) is 0 Å². The Morgan fingerprint density at radius 2 is 2.15 bits per heavy atom. The Labute approximate surface area is 79.7 Å². The van der Waals surface area contributed by atoms with Gasteiger partial charge in [0.25, 0.3) is 0 Å². The lowest BCUT2D eigenvalue weighted by Gasteiger charge is -2.12. The fourth-order valence-corrected chi connectivity index (χ4v) is 1.33. The van der Waals surface area contributed by atoms with E-state index in [-0.39, 0.29) is 6.10 Å². The molecule has 0 heterocycles. The van der Waals surface area contributed by atoms with Crippen LogP contribution in [0, 0.1) is 12.0 Å². The van der Waals surface area contributed by atoms with Crippen molar-refractivity contribution in [1.29, 1.82) is 0 Å². The lowest BCUT2D eigenvalue weighted by Crippen LogP contribution is -2.02. The molecule has 1 aromatic carbocycles. The summed E-state index contributed by atoms with van der Waals surface area (Å²) in [4.78, 5) is 0. The number of hydrogen-bond donors (Lipinski definition) is 0. The maximum atomic E-state index is 5.74. The van der Waals surface area contributed by atoms with Crippen molar-refractivity contribution in [3.05, 3.63) is 35.9 Å². The van der Waals surface area contributed by atoms with Crippen molar-refractivity contribution in [2.45, 2.75) is 25.9 Å². The fourth-order valence-electron chi connectivity index (χ4n) is 1.33. The first-order valence-corrected chi connectivity index (χ1v) is 4.94. The van der Waals surface area contributed by atoms with Gasteiger partial charge >= 0.3 is 0 Å². The molecule has 1 aliphatic carbocycles. The van der Waals surface area contributed by atoms with Crippen LogP contribution in [0.1, 0.15) is 31.4 Å². The molecule has 0 aliphatic heterocycles. The van der Waals surface area contributed by atoms with Crippen molar-refractivity contribution >= 4 is 0 Å². The van der Waals surface area contributed by atoms with Crippen LogP contribution in [-0.4, -0.2) is 6.61 Å². The average Bonchev–Trinajstić information content (AvgIpc) is 2.99. The van der Waals surface area contributed by atoms with Crippen molar-refractivity contribution in [3.63, 3.8) is 0 Å². The van der Waals surface area contributed by atoms with Gasteiger partial charge in [-0.05, 0) is 37.3 Å². The Bertz CT molecular complexity index is 251. The molecule has 0 aromatic heterocycles. The first-order chi connectivity index (χ1) is 6.36. The zero-order chi connectivity index (χ0) is 9.10. The normalized spacial score (nSPS) is 18.5. The monoisotopic (exact) mass is 175 g/mol. The maximum absolute atomic E-state index is 5.74. The molecule has 0 bridgehead atoms. The van der Waals surface area contributed by atoms with Crippen LogP contribution in [0.15, 0.2) is 24.3 Å². The lowest BCUT2D eigenvalue weighted by molar-refractivity contribution is 0.0579. The minimum absolute atomic E-state index is 0.232. The van der Waals surface area contributed by atoms with Gasteiger partial charge in [0, 0.05) is 0 Å². The number of rotatable bonds is 4. The zero-order valence-corrected chi connectivity index (χ0v) is 7.99. The first kappa shape index (κ1) is 8.76. The molecule has 1 unspecified atom stereocenters. The average molecular weight is 175 g/mol. The van der Waals surface area contributed by atoms with Crippen molar-refractivity contribution in [2.24, 2.45) is 5.92 Å². The molecule has 0 saturated heterocycles. The van der Waals surface area contributed by atoms with Gasteiger partial charge in [-0.2, -0.15) is 0 Å². The van der Waals surface area contributed by atoms with E-state index < -0.39 is 0 Å². The van der Waals surface area contributed by atoms with Crippen molar-refractivity contribution in [2.75, 3.05) is 6.61 Å². The molecule has 0 N–H and O–H groups in total. The highest BCUT2D eigenvalue weighted by Crippen LogP contribution is 2.30. The van der Waals surface area contributed by atoms with Crippen LogP contribution in [0.25, 0.3) is 0 Å². The molecule has 1 heteroatoms. The van der Waals surface area contributed by atoms with Crippen LogP contribution in [0.3, 0.4) is 0 Å². The third-order valence-electron chi connectivity index (χ3n) is 2.49. The van der Waals surface area contributed by atoms with Gasteiger partial charge in [-0.25, -0.2) is 0 Å². The van der Waals surface area contributed by atoms with Crippen molar-refractivity contribution < 1.29 is 4.74 Å². The molecule has 1 aromatic rings. The quantitative estimate of drug-likeness (QED) is 0.683. The standard InChI is InChI=1S/C12H15O/c1-10(13-9-11-7-8-11)12-5-3-2-4-6-12/h3-6,10-11H,7-9H2,1H3. The molecule has 0 spiro atoms. The van der Waals surface area contributed by atoms with Crippen LogP contribution < -0.4 is 0 Å². The molecule has 69 valence electrons. The summed E-state index contributed by atoms with van der Waals surface area (Å²) >= 11 is 0. The number of benzene rings is 1. The van der Waals surface area contributed by atoms with Gasteiger partial charge in [-0.3, -0.25) is 0 Å². The van der Waals surface area contributed by atoms with Gasteiger partial charge in [0.15, 0.2) is 0 Å². The molecule has 1 radical (unpaired) electrons. The maximum Gasteiger partial charge on any atom is 0.0796 e. The van der Waals surface area contributed by atoms with Gasteiger partial charge in [-0.15, -0.1) is 0 Å². The summed E-state index contributed by atoms with van der Waals surface area (Å²) in [6, 6.07) is 11.0. The largest absolute Gasteiger partial charge is 0.374 e. The predicted molar refractivity (Wildman–Crippen MR) is 52.4 cm³/mol.